The van der Waals surface area contributed by atoms with Crippen molar-refractivity contribution in [1.82, 2.24) is 9.91 Å². The van der Waals surface area contributed by atoms with Crippen molar-refractivity contribution in [2.24, 2.45) is 11.0 Å². The Morgan fingerprint density at radius 1 is 1.03 bits per heavy atom. The fraction of sp³-hybridized carbons (Fsp3) is 0.464. The summed E-state index contributed by atoms with van der Waals surface area (Å²) in [6.07, 6.45) is 2.09. The Balaban J connectivity index is 1.64. The van der Waals surface area contributed by atoms with E-state index in [1.54, 1.807) is 33.3 Å². The van der Waals surface area contributed by atoms with Crippen LogP contribution in [0.2, 0.25) is 0 Å². The topological polar surface area (TPSA) is 89.9 Å². The first-order valence-electron chi connectivity index (χ1n) is 12.6. The molecule has 9 heteroatoms. The molecule has 1 fully saturated rings. The fourth-order valence-electron chi connectivity index (χ4n) is 5.04. The zero-order valence-electron chi connectivity index (χ0n) is 21.9. The van der Waals surface area contributed by atoms with E-state index in [-0.39, 0.29) is 30.4 Å². The molecule has 2 aliphatic rings. The van der Waals surface area contributed by atoms with Gasteiger partial charge in [0.2, 0.25) is 0 Å². The van der Waals surface area contributed by atoms with Gasteiger partial charge in [-0.15, -0.1) is 0 Å². The number of para-hydroxylation sites is 1. The van der Waals surface area contributed by atoms with Crippen molar-refractivity contribution in [3.05, 3.63) is 53.6 Å². The van der Waals surface area contributed by atoms with E-state index in [1.807, 2.05) is 47.4 Å². The Kier molecular flexibility index (Phi) is 8.66. The van der Waals surface area contributed by atoms with Gasteiger partial charge in [0.1, 0.15) is 17.2 Å². The van der Waals surface area contributed by atoms with Crippen molar-refractivity contribution >= 4 is 17.6 Å². The monoisotopic (exact) mass is 509 g/mol. The van der Waals surface area contributed by atoms with Gasteiger partial charge in [-0.05, 0) is 56.6 Å². The highest BCUT2D eigenvalue weighted by Crippen LogP contribution is 2.40. The van der Waals surface area contributed by atoms with Crippen molar-refractivity contribution in [2.45, 2.75) is 32.2 Å². The minimum Gasteiger partial charge on any atom is -0.497 e. The highest BCUT2D eigenvalue weighted by molar-refractivity contribution is 6.05. The third kappa shape index (κ3) is 5.88. The lowest BCUT2D eigenvalue weighted by atomic mass is 9.96. The molecule has 2 heterocycles. The number of hydrogen-bond acceptors (Lipinski definition) is 8. The largest absolute Gasteiger partial charge is 0.497 e. The van der Waals surface area contributed by atoms with Gasteiger partial charge in [0, 0.05) is 24.1 Å². The van der Waals surface area contributed by atoms with Crippen molar-refractivity contribution in [3.63, 3.8) is 0 Å². The number of benzene rings is 2. The van der Waals surface area contributed by atoms with Crippen LogP contribution in [0.3, 0.4) is 0 Å². The Hall–Kier alpha value is -3.59. The summed E-state index contributed by atoms with van der Waals surface area (Å²) in [5.74, 6) is 1.45. The normalized spacial score (nSPS) is 19.8. The molecule has 0 aliphatic carbocycles. The number of nitrogens with zero attached hydrogens (tertiary/aromatic N) is 3. The van der Waals surface area contributed by atoms with Crippen LogP contribution in [0.4, 0.5) is 0 Å². The minimum atomic E-state index is -0.386. The summed E-state index contributed by atoms with van der Waals surface area (Å²) < 4.78 is 21.9. The van der Waals surface area contributed by atoms with E-state index in [1.165, 1.54) is 0 Å². The van der Waals surface area contributed by atoms with E-state index in [2.05, 4.69) is 0 Å². The Morgan fingerprint density at radius 2 is 1.81 bits per heavy atom. The van der Waals surface area contributed by atoms with E-state index in [0.717, 1.165) is 36.2 Å². The second kappa shape index (κ2) is 12.1. The van der Waals surface area contributed by atoms with E-state index in [9.17, 15) is 9.59 Å². The summed E-state index contributed by atoms with van der Waals surface area (Å²) in [5.41, 5.74) is 2.41. The standard InChI is InChI=1S/C28H35N3O6/c1-5-37-28(33)19-9-8-14-30(17-19)18-27(32)31-24(22-15-20(34-2)12-13-26(22)36-4)16-23(29-31)21-10-6-7-11-25(21)35-3/h6-7,10-13,15,19,24H,5,8-9,14,16-18H2,1-4H3/t19-,24+/m0/s1. The Labute approximate surface area is 217 Å². The molecule has 0 aromatic heterocycles. The van der Waals surface area contributed by atoms with Crippen LogP contribution < -0.4 is 14.2 Å². The molecule has 198 valence electrons. The highest BCUT2D eigenvalue weighted by Gasteiger charge is 2.37. The van der Waals surface area contributed by atoms with Gasteiger partial charge in [0.15, 0.2) is 0 Å². The summed E-state index contributed by atoms with van der Waals surface area (Å²) in [6.45, 7) is 3.55. The summed E-state index contributed by atoms with van der Waals surface area (Å²) in [4.78, 5) is 28.1. The minimum absolute atomic E-state index is 0.149. The zero-order chi connectivity index (χ0) is 26.4. The van der Waals surface area contributed by atoms with Gasteiger partial charge < -0.3 is 18.9 Å². The Morgan fingerprint density at radius 3 is 2.54 bits per heavy atom. The maximum absolute atomic E-state index is 13.7. The van der Waals surface area contributed by atoms with Gasteiger partial charge in [-0.3, -0.25) is 14.5 Å². The SMILES string of the molecule is CCOC(=O)[C@H]1CCCN(CC(=O)N2N=C(c3ccccc3OC)C[C@@H]2c2cc(OC)ccc2OC)C1. The number of amides is 1. The van der Waals surface area contributed by atoms with Crippen LogP contribution in [0.5, 0.6) is 17.2 Å². The van der Waals surface area contributed by atoms with Gasteiger partial charge in [0.05, 0.1) is 52.2 Å². The van der Waals surface area contributed by atoms with Crippen LogP contribution in [0.25, 0.3) is 0 Å². The molecule has 0 radical (unpaired) electrons. The molecule has 0 N–H and O–H groups in total. The van der Waals surface area contributed by atoms with Crippen molar-refractivity contribution in [2.75, 3.05) is 47.6 Å². The molecule has 1 saturated heterocycles. The quantitative estimate of drug-likeness (QED) is 0.477. The first kappa shape index (κ1) is 26.5. The molecule has 37 heavy (non-hydrogen) atoms. The molecular weight excluding hydrogens is 474 g/mol. The summed E-state index contributed by atoms with van der Waals surface area (Å²) in [7, 11) is 4.84. The van der Waals surface area contributed by atoms with E-state index in [4.69, 9.17) is 24.0 Å². The van der Waals surface area contributed by atoms with Crippen molar-refractivity contribution < 1.29 is 28.5 Å². The number of carbonyl (C=O) groups excluding carboxylic acids is 2. The van der Waals surface area contributed by atoms with Gasteiger partial charge >= 0.3 is 5.97 Å². The van der Waals surface area contributed by atoms with Crippen LogP contribution in [-0.4, -0.2) is 75.1 Å². The predicted molar refractivity (Wildman–Crippen MR) is 139 cm³/mol. The lowest BCUT2D eigenvalue weighted by Crippen LogP contribution is -2.44. The molecule has 2 aliphatic heterocycles. The molecular formula is C28H35N3O6. The average Bonchev–Trinajstić information content (AvgIpc) is 3.38. The van der Waals surface area contributed by atoms with Crippen LogP contribution in [0.15, 0.2) is 47.6 Å². The lowest BCUT2D eigenvalue weighted by molar-refractivity contribution is -0.150. The number of carbonyl (C=O) groups is 2. The number of hydrazone groups is 1. The second-order valence-corrected chi connectivity index (χ2v) is 9.14. The number of hydrogen-bond donors (Lipinski definition) is 0. The highest BCUT2D eigenvalue weighted by atomic mass is 16.5. The van der Waals surface area contributed by atoms with Crippen LogP contribution >= 0.6 is 0 Å². The molecule has 2 atom stereocenters. The molecule has 0 unspecified atom stereocenters. The number of methoxy groups -OCH3 is 3. The number of esters is 1. The molecule has 2 aromatic rings. The third-order valence-electron chi connectivity index (χ3n) is 6.86. The summed E-state index contributed by atoms with van der Waals surface area (Å²) >= 11 is 0. The molecule has 0 spiro atoms. The molecule has 9 nitrogen and oxygen atoms in total. The number of piperidine rings is 1. The van der Waals surface area contributed by atoms with Crippen molar-refractivity contribution in [3.8, 4) is 17.2 Å². The van der Waals surface area contributed by atoms with Gasteiger partial charge in [-0.1, -0.05) is 12.1 Å². The van der Waals surface area contributed by atoms with Gasteiger partial charge in [-0.25, -0.2) is 5.01 Å². The Bertz CT molecular complexity index is 1150. The fourth-order valence-corrected chi connectivity index (χ4v) is 5.04. The molecule has 0 bridgehead atoms. The van der Waals surface area contributed by atoms with Crippen LogP contribution in [0, 0.1) is 5.92 Å². The van der Waals surface area contributed by atoms with Crippen LogP contribution in [-0.2, 0) is 14.3 Å². The maximum atomic E-state index is 13.7. The maximum Gasteiger partial charge on any atom is 0.310 e. The number of rotatable bonds is 9. The zero-order valence-corrected chi connectivity index (χ0v) is 21.9. The third-order valence-corrected chi connectivity index (χ3v) is 6.86. The number of likely N-dealkylation sites (tertiary alicyclic amines) is 1. The molecule has 0 saturated carbocycles. The van der Waals surface area contributed by atoms with E-state index >= 15 is 0 Å². The first-order chi connectivity index (χ1) is 18.0. The van der Waals surface area contributed by atoms with Crippen molar-refractivity contribution in [1.29, 1.82) is 0 Å². The number of ether oxygens (including phenoxy) is 4. The van der Waals surface area contributed by atoms with E-state index < -0.39 is 0 Å². The van der Waals surface area contributed by atoms with Crippen LogP contribution in [0.1, 0.15) is 43.4 Å². The molecule has 2 aromatic carbocycles. The smallest absolute Gasteiger partial charge is 0.310 e. The lowest BCUT2D eigenvalue weighted by Gasteiger charge is -2.32. The average molecular weight is 510 g/mol. The first-order valence-corrected chi connectivity index (χ1v) is 12.6. The predicted octanol–water partition coefficient (Wildman–Crippen LogP) is 3.67. The molecule has 1 amide bonds. The summed E-state index contributed by atoms with van der Waals surface area (Å²) in [6, 6.07) is 12.8. The molecule has 4 rings (SSSR count). The van der Waals surface area contributed by atoms with E-state index in [0.29, 0.717) is 36.8 Å². The second-order valence-electron chi connectivity index (χ2n) is 9.14. The van der Waals surface area contributed by atoms with Gasteiger partial charge in [0.25, 0.3) is 5.91 Å². The summed E-state index contributed by atoms with van der Waals surface area (Å²) in [5, 5.41) is 6.36. The van der Waals surface area contributed by atoms with Gasteiger partial charge in [-0.2, -0.15) is 5.10 Å².